The fraction of sp³-hybridized carbons (Fsp3) is 0.538. The van der Waals surface area contributed by atoms with Gasteiger partial charge in [-0.2, -0.15) is 0 Å². The predicted molar refractivity (Wildman–Crippen MR) is 185 cm³/mol. The van der Waals surface area contributed by atoms with Crippen LogP contribution in [0.3, 0.4) is 0 Å². The third-order valence-corrected chi connectivity index (χ3v) is 8.64. The molecule has 0 amide bonds. The zero-order valence-corrected chi connectivity index (χ0v) is 29.5. The number of hydrogen-bond acceptors (Lipinski definition) is 8. The standard InChI is InChI=1S/C39H56O8/c1-8-14-15-27-16-33(17-28(36(27)40)22-43-9-2)39(7,34-18-29(23-44-10-3)37(41)30(19-34)24-45-11-4)35-20-31(25-46-12-5)38(42)32(21-35)26-47-13-6/h16-21,40-42H,8-15,22-26H2,1-7H3. The Bertz CT molecular complexity index is 1160. The van der Waals surface area contributed by atoms with Gasteiger partial charge in [-0.1, -0.05) is 19.4 Å². The van der Waals surface area contributed by atoms with E-state index in [9.17, 15) is 15.3 Å². The molecule has 0 fully saturated rings. The number of hydrogen-bond donors (Lipinski definition) is 3. The Kier molecular flexibility index (Phi) is 15.5. The Morgan fingerprint density at radius 2 is 0.702 bits per heavy atom. The maximum atomic E-state index is 11.4. The van der Waals surface area contributed by atoms with E-state index in [1.165, 1.54) is 0 Å². The quantitative estimate of drug-likeness (QED) is 0.0990. The van der Waals surface area contributed by atoms with Gasteiger partial charge in [-0.15, -0.1) is 0 Å². The van der Waals surface area contributed by atoms with Crippen molar-refractivity contribution in [3.8, 4) is 17.2 Å². The van der Waals surface area contributed by atoms with E-state index in [1.54, 1.807) is 0 Å². The lowest BCUT2D eigenvalue weighted by Crippen LogP contribution is -2.27. The topological polar surface area (TPSA) is 107 Å². The summed E-state index contributed by atoms with van der Waals surface area (Å²) in [5.74, 6) is 0.575. The van der Waals surface area contributed by atoms with E-state index in [0.29, 0.717) is 67.3 Å². The summed E-state index contributed by atoms with van der Waals surface area (Å²) in [7, 11) is 0. The van der Waals surface area contributed by atoms with Crippen molar-refractivity contribution >= 4 is 0 Å². The van der Waals surface area contributed by atoms with E-state index >= 15 is 0 Å². The number of aryl methyl sites for hydroxylation is 1. The lowest BCUT2D eigenvalue weighted by Gasteiger charge is -2.35. The molecule has 0 spiro atoms. The number of benzene rings is 3. The summed E-state index contributed by atoms with van der Waals surface area (Å²) in [5.41, 5.74) is 6.14. The summed E-state index contributed by atoms with van der Waals surface area (Å²) in [6, 6.07) is 12.1. The van der Waals surface area contributed by atoms with Gasteiger partial charge in [0.05, 0.1) is 33.0 Å². The van der Waals surface area contributed by atoms with E-state index in [4.69, 9.17) is 23.7 Å². The summed E-state index contributed by atoms with van der Waals surface area (Å²) in [5, 5.41) is 34.1. The molecule has 0 unspecified atom stereocenters. The molecule has 0 atom stereocenters. The highest BCUT2D eigenvalue weighted by Gasteiger charge is 2.35. The van der Waals surface area contributed by atoms with Crippen LogP contribution < -0.4 is 0 Å². The van der Waals surface area contributed by atoms with Crippen molar-refractivity contribution in [3.05, 3.63) is 86.5 Å². The first-order valence-electron chi connectivity index (χ1n) is 17.1. The average molecular weight is 653 g/mol. The third-order valence-electron chi connectivity index (χ3n) is 8.64. The van der Waals surface area contributed by atoms with Gasteiger partial charge in [0, 0.05) is 66.3 Å². The molecule has 8 heteroatoms. The Balaban J connectivity index is 2.48. The summed E-state index contributed by atoms with van der Waals surface area (Å²) in [4.78, 5) is 0. The second-order valence-electron chi connectivity index (χ2n) is 11.8. The predicted octanol–water partition coefficient (Wildman–Crippen LogP) is 8.18. The van der Waals surface area contributed by atoms with Gasteiger partial charge in [0.1, 0.15) is 17.2 Å². The lowest BCUT2D eigenvalue weighted by atomic mass is 9.69. The highest BCUT2D eigenvalue weighted by molar-refractivity contribution is 5.59. The lowest BCUT2D eigenvalue weighted by molar-refractivity contribution is 0.126. The van der Waals surface area contributed by atoms with Crippen molar-refractivity contribution in [1.82, 2.24) is 0 Å². The number of phenolic OH excluding ortho intramolecular Hbond substituents is 3. The second kappa shape index (κ2) is 19.0. The molecule has 3 aromatic carbocycles. The van der Waals surface area contributed by atoms with Gasteiger partial charge in [-0.05, 0) is 107 Å². The first-order chi connectivity index (χ1) is 22.7. The monoisotopic (exact) mass is 652 g/mol. The van der Waals surface area contributed by atoms with E-state index in [-0.39, 0.29) is 50.3 Å². The van der Waals surface area contributed by atoms with Crippen LogP contribution in [0.4, 0.5) is 0 Å². The number of ether oxygens (including phenoxy) is 5. The Hall–Kier alpha value is -3.14. The van der Waals surface area contributed by atoms with Gasteiger partial charge in [-0.25, -0.2) is 0 Å². The van der Waals surface area contributed by atoms with Crippen molar-refractivity contribution in [1.29, 1.82) is 0 Å². The highest BCUT2D eigenvalue weighted by atomic mass is 16.5. The van der Waals surface area contributed by atoms with Gasteiger partial charge >= 0.3 is 0 Å². The summed E-state index contributed by atoms with van der Waals surface area (Å²) >= 11 is 0. The number of aromatic hydroxyl groups is 3. The Labute approximate surface area is 281 Å². The van der Waals surface area contributed by atoms with Crippen LogP contribution in [0, 0.1) is 0 Å². The molecule has 3 aromatic rings. The molecule has 0 heterocycles. The molecule has 8 nitrogen and oxygen atoms in total. The van der Waals surface area contributed by atoms with Gasteiger partial charge in [0.2, 0.25) is 0 Å². The largest absolute Gasteiger partial charge is 0.507 e. The molecular formula is C39H56O8. The summed E-state index contributed by atoms with van der Waals surface area (Å²) in [6.07, 6.45) is 2.63. The normalized spacial score (nSPS) is 11.8. The SMILES string of the molecule is CCCCc1cc(C(C)(c2cc(COCC)c(O)c(COCC)c2)c2cc(COCC)c(O)c(COCC)c2)cc(COCC)c1O. The maximum Gasteiger partial charge on any atom is 0.126 e. The van der Waals surface area contributed by atoms with Gasteiger partial charge < -0.3 is 39.0 Å². The smallest absolute Gasteiger partial charge is 0.126 e. The van der Waals surface area contributed by atoms with Crippen LogP contribution in [0.15, 0.2) is 36.4 Å². The molecule has 260 valence electrons. The minimum Gasteiger partial charge on any atom is -0.507 e. The van der Waals surface area contributed by atoms with Crippen molar-refractivity contribution in [3.63, 3.8) is 0 Å². The Morgan fingerprint density at radius 1 is 0.447 bits per heavy atom. The molecule has 0 aliphatic heterocycles. The molecule has 3 rings (SSSR count). The highest BCUT2D eigenvalue weighted by Crippen LogP contribution is 2.46. The molecule has 0 saturated heterocycles. The van der Waals surface area contributed by atoms with Crippen LogP contribution in [0.25, 0.3) is 0 Å². The molecule has 3 N–H and O–H groups in total. The maximum absolute atomic E-state index is 11.4. The van der Waals surface area contributed by atoms with Crippen LogP contribution >= 0.6 is 0 Å². The van der Waals surface area contributed by atoms with Crippen molar-refractivity contribution in [2.24, 2.45) is 0 Å². The van der Waals surface area contributed by atoms with Crippen LogP contribution in [-0.2, 0) is 68.6 Å². The Morgan fingerprint density at radius 3 is 0.957 bits per heavy atom. The van der Waals surface area contributed by atoms with Gasteiger partial charge in [0.25, 0.3) is 0 Å². The minimum atomic E-state index is -0.832. The fourth-order valence-electron chi connectivity index (χ4n) is 5.81. The molecule has 0 aliphatic rings. The van der Waals surface area contributed by atoms with Crippen LogP contribution in [0.5, 0.6) is 17.2 Å². The molecule has 0 saturated carbocycles. The molecule has 0 radical (unpaired) electrons. The van der Waals surface area contributed by atoms with Crippen LogP contribution in [-0.4, -0.2) is 48.4 Å². The van der Waals surface area contributed by atoms with E-state index < -0.39 is 5.41 Å². The zero-order valence-electron chi connectivity index (χ0n) is 29.5. The minimum absolute atomic E-state index is 0.157. The van der Waals surface area contributed by atoms with Crippen LogP contribution in [0.1, 0.15) is 111 Å². The first kappa shape index (κ1) is 38.3. The number of phenols is 3. The second-order valence-corrected chi connectivity index (χ2v) is 11.8. The van der Waals surface area contributed by atoms with Gasteiger partial charge in [-0.3, -0.25) is 0 Å². The zero-order chi connectivity index (χ0) is 34.4. The fourth-order valence-corrected chi connectivity index (χ4v) is 5.81. The molecular weight excluding hydrogens is 596 g/mol. The van der Waals surface area contributed by atoms with Crippen molar-refractivity contribution in [2.45, 2.75) is 106 Å². The third kappa shape index (κ3) is 9.48. The molecule has 0 bridgehead atoms. The molecule has 47 heavy (non-hydrogen) atoms. The molecule has 0 aromatic heterocycles. The molecule has 0 aliphatic carbocycles. The summed E-state index contributed by atoms with van der Waals surface area (Å²) < 4.78 is 29.1. The van der Waals surface area contributed by atoms with E-state index in [1.807, 2.05) is 65.0 Å². The van der Waals surface area contributed by atoms with Crippen molar-refractivity contribution in [2.75, 3.05) is 33.0 Å². The van der Waals surface area contributed by atoms with E-state index in [0.717, 1.165) is 35.1 Å². The average Bonchev–Trinajstić information content (AvgIpc) is 3.08. The first-order valence-corrected chi connectivity index (χ1v) is 17.1. The summed E-state index contributed by atoms with van der Waals surface area (Å²) in [6.45, 7) is 17.7. The number of unbranched alkanes of at least 4 members (excludes halogenated alkanes) is 1. The van der Waals surface area contributed by atoms with Crippen LogP contribution in [0.2, 0.25) is 0 Å². The van der Waals surface area contributed by atoms with Crippen molar-refractivity contribution < 1.29 is 39.0 Å². The van der Waals surface area contributed by atoms with E-state index in [2.05, 4.69) is 19.9 Å². The van der Waals surface area contributed by atoms with Gasteiger partial charge in [0.15, 0.2) is 0 Å². The number of rotatable bonds is 21.